The SMILES string of the molecule is COC(=O)c1ccc(N2C(=O)CC(N(Cc3ccc(F)cc3)C(=O)c3ccc(Cl)c([N+](=O)[O-])c3)C2=O)cc1. The lowest BCUT2D eigenvalue weighted by Gasteiger charge is -2.28. The molecule has 12 heteroatoms. The first-order valence-electron chi connectivity index (χ1n) is 11.1. The lowest BCUT2D eigenvalue weighted by atomic mass is 10.1. The molecule has 0 aliphatic carbocycles. The Hall–Kier alpha value is -4.64. The molecule has 4 rings (SSSR count). The van der Waals surface area contributed by atoms with Crippen molar-refractivity contribution in [3.8, 4) is 0 Å². The molecular weight excluding hydrogens is 521 g/mol. The van der Waals surface area contributed by atoms with Crippen LogP contribution in [0.4, 0.5) is 15.8 Å². The second-order valence-corrected chi connectivity index (χ2v) is 8.72. The van der Waals surface area contributed by atoms with Gasteiger partial charge < -0.3 is 9.64 Å². The van der Waals surface area contributed by atoms with Crippen LogP contribution in [0, 0.1) is 15.9 Å². The van der Waals surface area contributed by atoms with Crippen LogP contribution >= 0.6 is 11.6 Å². The van der Waals surface area contributed by atoms with Gasteiger partial charge in [0.15, 0.2) is 0 Å². The molecule has 0 saturated carbocycles. The molecule has 3 aromatic carbocycles. The maximum absolute atomic E-state index is 13.6. The summed E-state index contributed by atoms with van der Waals surface area (Å²) in [6.45, 7) is -0.186. The van der Waals surface area contributed by atoms with E-state index in [1.807, 2.05) is 0 Å². The molecule has 1 aliphatic heterocycles. The molecule has 3 amide bonds. The summed E-state index contributed by atoms with van der Waals surface area (Å²) in [6, 6.07) is 13.0. The van der Waals surface area contributed by atoms with Gasteiger partial charge in [0.05, 0.1) is 29.7 Å². The van der Waals surface area contributed by atoms with E-state index in [4.69, 9.17) is 11.6 Å². The molecule has 0 aromatic heterocycles. The second kappa shape index (κ2) is 10.8. The third-order valence-electron chi connectivity index (χ3n) is 5.96. The maximum atomic E-state index is 13.6. The number of amides is 3. The van der Waals surface area contributed by atoms with E-state index in [9.17, 15) is 33.7 Å². The van der Waals surface area contributed by atoms with E-state index in [1.54, 1.807) is 0 Å². The fraction of sp³-hybridized carbons (Fsp3) is 0.154. The summed E-state index contributed by atoms with van der Waals surface area (Å²) in [5.41, 5.74) is 0.241. The smallest absolute Gasteiger partial charge is 0.337 e. The summed E-state index contributed by atoms with van der Waals surface area (Å²) in [7, 11) is 1.22. The van der Waals surface area contributed by atoms with Crippen molar-refractivity contribution in [2.75, 3.05) is 12.0 Å². The number of methoxy groups -OCH3 is 1. The van der Waals surface area contributed by atoms with Gasteiger partial charge in [0.2, 0.25) is 5.91 Å². The second-order valence-electron chi connectivity index (χ2n) is 8.31. The number of ether oxygens (including phenoxy) is 1. The lowest BCUT2D eigenvalue weighted by molar-refractivity contribution is -0.384. The number of carbonyl (C=O) groups is 4. The van der Waals surface area contributed by atoms with E-state index in [2.05, 4.69) is 4.74 Å². The van der Waals surface area contributed by atoms with E-state index in [-0.39, 0.29) is 34.8 Å². The van der Waals surface area contributed by atoms with E-state index < -0.39 is 46.2 Å². The largest absolute Gasteiger partial charge is 0.465 e. The van der Waals surface area contributed by atoms with Crippen LogP contribution in [0.15, 0.2) is 66.7 Å². The molecule has 3 aromatic rings. The van der Waals surface area contributed by atoms with Crippen LogP contribution < -0.4 is 4.90 Å². The van der Waals surface area contributed by atoms with E-state index in [0.717, 1.165) is 15.9 Å². The number of esters is 1. The Balaban J connectivity index is 1.70. The molecule has 1 fully saturated rings. The average molecular weight is 540 g/mol. The van der Waals surface area contributed by atoms with Crippen molar-refractivity contribution in [1.82, 2.24) is 4.90 Å². The number of nitro groups is 1. The fourth-order valence-corrected chi connectivity index (χ4v) is 4.24. The number of hydrogen-bond donors (Lipinski definition) is 0. The molecule has 0 spiro atoms. The molecule has 1 atom stereocenters. The monoisotopic (exact) mass is 539 g/mol. The predicted molar refractivity (Wildman–Crippen MR) is 133 cm³/mol. The summed E-state index contributed by atoms with van der Waals surface area (Å²) in [5.74, 6) is -3.16. The Bertz CT molecular complexity index is 1440. The van der Waals surface area contributed by atoms with Gasteiger partial charge in [-0.15, -0.1) is 0 Å². The Morgan fingerprint density at radius 1 is 1.08 bits per heavy atom. The van der Waals surface area contributed by atoms with Gasteiger partial charge in [0, 0.05) is 18.2 Å². The molecule has 1 unspecified atom stereocenters. The molecule has 1 aliphatic rings. The zero-order valence-electron chi connectivity index (χ0n) is 19.8. The third-order valence-corrected chi connectivity index (χ3v) is 6.28. The van der Waals surface area contributed by atoms with Crippen molar-refractivity contribution in [1.29, 1.82) is 0 Å². The topological polar surface area (TPSA) is 127 Å². The quantitative estimate of drug-likeness (QED) is 0.191. The molecule has 0 N–H and O–H groups in total. The van der Waals surface area contributed by atoms with Crippen molar-refractivity contribution in [3.63, 3.8) is 0 Å². The number of anilines is 1. The molecule has 1 heterocycles. The minimum atomic E-state index is -1.25. The van der Waals surface area contributed by atoms with Gasteiger partial charge in [-0.2, -0.15) is 0 Å². The predicted octanol–water partition coefficient (Wildman–Crippen LogP) is 4.15. The molecular formula is C26H19ClFN3O7. The summed E-state index contributed by atoms with van der Waals surface area (Å²) in [4.78, 5) is 64.3. The van der Waals surface area contributed by atoms with Gasteiger partial charge in [0.1, 0.15) is 16.9 Å². The van der Waals surface area contributed by atoms with Crippen LogP contribution in [-0.4, -0.2) is 46.7 Å². The molecule has 10 nitrogen and oxygen atoms in total. The first kappa shape index (κ1) is 26.4. The van der Waals surface area contributed by atoms with Crippen molar-refractivity contribution >= 4 is 46.7 Å². The highest BCUT2D eigenvalue weighted by molar-refractivity contribution is 6.32. The van der Waals surface area contributed by atoms with Gasteiger partial charge in [0.25, 0.3) is 17.5 Å². The molecule has 194 valence electrons. The number of halogens is 2. The lowest BCUT2D eigenvalue weighted by Crippen LogP contribution is -2.45. The first-order valence-corrected chi connectivity index (χ1v) is 11.5. The number of nitrogens with zero attached hydrogens (tertiary/aromatic N) is 3. The van der Waals surface area contributed by atoms with Gasteiger partial charge >= 0.3 is 5.97 Å². The van der Waals surface area contributed by atoms with Crippen molar-refractivity contribution in [2.45, 2.75) is 19.0 Å². The highest BCUT2D eigenvalue weighted by atomic mass is 35.5. The first-order chi connectivity index (χ1) is 18.1. The van der Waals surface area contributed by atoms with Gasteiger partial charge in [-0.05, 0) is 54.1 Å². The Labute approximate surface area is 220 Å². The van der Waals surface area contributed by atoms with Crippen LogP contribution in [0.2, 0.25) is 5.02 Å². The van der Waals surface area contributed by atoms with Crippen molar-refractivity contribution in [2.24, 2.45) is 0 Å². The minimum Gasteiger partial charge on any atom is -0.465 e. The van der Waals surface area contributed by atoms with Crippen molar-refractivity contribution in [3.05, 3.63) is 104 Å². The Morgan fingerprint density at radius 3 is 2.32 bits per heavy atom. The number of benzene rings is 3. The van der Waals surface area contributed by atoms with E-state index >= 15 is 0 Å². The Morgan fingerprint density at radius 2 is 1.71 bits per heavy atom. The highest BCUT2D eigenvalue weighted by Crippen LogP contribution is 2.30. The van der Waals surface area contributed by atoms with E-state index in [0.29, 0.717) is 5.56 Å². The Kier molecular flexibility index (Phi) is 7.49. The van der Waals surface area contributed by atoms with Crippen molar-refractivity contribution < 1.29 is 33.2 Å². The summed E-state index contributed by atoms with van der Waals surface area (Å²) >= 11 is 5.88. The standard InChI is InChI=1S/C26H19ClFN3O7/c1-38-26(35)16-4-9-19(10-5-16)30-23(32)13-22(25(30)34)29(14-15-2-7-18(28)8-3-15)24(33)17-6-11-20(27)21(12-17)31(36)37/h2-12,22H,13-14H2,1H3. The summed E-state index contributed by atoms with van der Waals surface area (Å²) in [5, 5.41) is 11.2. The normalized spacial score (nSPS) is 14.9. The number of imide groups is 1. The molecule has 0 radical (unpaired) electrons. The maximum Gasteiger partial charge on any atom is 0.337 e. The third kappa shape index (κ3) is 5.23. The summed E-state index contributed by atoms with van der Waals surface area (Å²) < 4.78 is 18.1. The number of rotatable bonds is 7. The van der Waals surface area contributed by atoms with E-state index in [1.165, 1.54) is 67.8 Å². The number of nitro benzene ring substituents is 1. The van der Waals surface area contributed by atoms with Gasteiger partial charge in [-0.3, -0.25) is 24.5 Å². The van der Waals surface area contributed by atoms with Crippen LogP contribution in [0.5, 0.6) is 0 Å². The molecule has 38 heavy (non-hydrogen) atoms. The van der Waals surface area contributed by atoms with Crippen LogP contribution in [0.3, 0.4) is 0 Å². The number of hydrogen-bond acceptors (Lipinski definition) is 7. The zero-order chi connectivity index (χ0) is 27.6. The van der Waals surface area contributed by atoms with Gasteiger partial charge in [-0.25, -0.2) is 14.1 Å². The van der Waals surface area contributed by atoms with Crippen LogP contribution in [0.1, 0.15) is 32.7 Å². The minimum absolute atomic E-state index is 0.121. The fourth-order valence-electron chi connectivity index (χ4n) is 4.06. The average Bonchev–Trinajstić information content (AvgIpc) is 3.20. The highest BCUT2D eigenvalue weighted by Gasteiger charge is 2.44. The number of carbonyl (C=O) groups excluding carboxylic acids is 4. The zero-order valence-corrected chi connectivity index (χ0v) is 20.6. The van der Waals surface area contributed by atoms with Crippen LogP contribution in [-0.2, 0) is 20.9 Å². The molecule has 0 bridgehead atoms. The van der Waals surface area contributed by atoms with Crippen LogP contribution in [0.25, 0.3) is 0 Å². The van der Waals surface area contributed by atoms with Gasteiger partial charge in [-0.1, -0.05) is 23.7 Å². The molecule has 1 saturated heterocycles. The summed E-state index contributed by atoms with van der Waals surface area (Å²) in [6.07, 6.45) is -0.361.